The molecule has 1 amide bonds. The van der Waals surface area contributed by atoms with Crippen LogP contribution >= 0.6 is 31.9 Å². The quantitative estimate of drug-likeness (QED) is 0.343. The molecule has 31 heavy (non-hydrogen) atoms. The van der Waals surface area contributed by atoms with Gasteiger partial charge in [-0.15, -0.1) is 0 Å². The Bertz CT molecular complexity index is 1290. The van der Waals surface area contributed by atoms with Crippen LogP contribution in [0.1, 0.15) is 10.5 Å². The lowest BCUT2D eigenvalue weighted by molar-refractivity contribution is 0.0958. The molecule has 7 nitrogen and oxygen atoms in total. The number of benzene rings is 2. The van der Waals surface area contributed by atoms with Crippen LogP contribution in [0.3, 0.4) is 0 Å². The van der Waals surface area contributed by atoms with Crippen LogP contribution in [-0.2, 0) is 7.05 Å². The van der Waals surface area contributed by atoms with Crippen LogP contribution in [0.4, 0.5) is 16.0 Å². The van der Waals surface area contributed by atoms with Crippen LogP contribution in [0.15, 0.2) is 57.6 Å². The molecule has 2 N–H and O–H groups in total. The van der Waals surface area contributed by atoms with Crippen molar-refractivity contribution in [3.05, 3.63) is 69.1 Å². The van der Waals surface area contributed by atoms with Gasteiger partial charge in [0.25, 0.3) is 5.91 Å². The fraction of sp³-hybridized carbons (Fsp3) is 0.0952. The Morgan fingerprint density at radius 1 is 1.13 bits per heavy atom. The monoisotopic (exact) mass is 547 g/mol. The lowest BCUT2D eigenvalue weighted by atomic mass is 10.3. The van der Waals surface area contributed by atoms with E-state index in [1.54, 1.807) is 30.3 Å². The summed E-state index contributed by atoms with van der Waals surface area (Å²) in [6.45, 7) is 0. The summed E-state index contributed by atoms with van der Waals surface area (Å²) in [4.78, 5) is 20.4. The lowest BCUT2D eigenvalue weighted by Crippen LogP contribution is -2.18. The molecule has 0 saturated heterocycles. The fourth-order valence-electron chi connectivity index (χ4n) is 2.99. The van der Waals surface area contributed by atoms with Gasteiger partial charge in [0.15, 0.2) is 0 Å². The number of hydrogen-bond donors (Lipinski definition) is 2. The molecular weight excluding hydrogens is 533 g/mol. The Morgan fingerprint density at radius 3 is 2.65 bits per heavy atom. The number of nitrogens with one attached hydrogen (secondary N) is 2. The summed E-state index contributed by atoms with van der Waals surface area (Å²) in [6, 6.07) is 11.8. The highest BCUT2D eigenvalue weighted by atomic mass is 79.9. The number of amides is 1. The van der Waals surface area contributed by atoms with Gasteiger partial charge in [-0.25, -0.2) is 9.37 Å². The van der Waals surface area contributed by atoms with Crippen LogP contribution in [0.5, 0.6) is 11.5 Å². The van der Waals surface area contributed by atoms with E-state index in [-0.39, 0.29) is 17.3 Å². The summed E-state index contributed by atoms with van der Waals surface area (Å²) in [6.07, 6.45) is 1.51. The van der Waals surface area contributed by atoms with Gasteiger partial charge in [0.2, 0.25) is 5.95 Å². The molecule has 4 aromatic rings. The first kappa shape index (κ1) is 21.3. The van der Waals surface area contributed by atoms with Crippen molar-refractivity contribution in [3.63, 3.8) is 0 Å². The van der Waals surface area contributed by atoms with E-state index in [1.165, 1.54) is 19.3 Å². The average Bonchev–Trinajstić information content (AvgIpc) is 3.05. The number of ether oxygens (including phenoxy) is 1. The van der Waals surface area contributed by atoms with E-state index in [0.29, 0.717) is 31.9 Å². The molecule has 0 bridgehead atoms. The van der Waals surface area contributed by atoms with Crippen molar-refractivity contribution in [1.29, 1.82) is 0 Å². The predicted molar refractivity (Wildman–Crippen MR) is 123 cm³/mol. The number of hydrogen-bond acceptors (Lipinski definition) is 5. The van der Waals surface area contributed by atoms with Crippen LogP contribution in [0.2, 0.25) is 0 Å². The van der Waals surface area contributed by atoms with Gasteiger partial charge in [-0.05, 0) is 46.3 Å². The van der Waals surface area contributed by atoms with Gasteiger partial charge in [-0.2, -0.15) is 0 Å². The largest absolute Gasteiger partial charge is 0.457 e. The van der Waals surface area contributed by atoms with Crippen LogP contribution in [0, 0.1) is 5.82 Å². The molecule has 0 spiro atoms. The normalized spacial score (nSPS) is 10.9. The van der Waals surface area contributed by atoms with Crippen LogP contribution in [0.25, 0.3) is 11.0 Å². The van der Waals surface area contributed by atoms with Gasteiger partial charge in [0.05, 0.1) is 16.7 Å². The Labute approximate surface area is 193 Å². The SMILES string of the molecule is CNC(=O)c1cc(Oc2ccc3c(c2)nc(Nc2c(F)cc(Br)cc2Br)n3C)ccn1. The van der Waals surface area contributed by atoms with Crippen molar-refractivity contribution in [2.75, 3.05) is 12.4 Å². The summed E-state index contributed by atoms with van der Waals surface area (Å²) in [5.74, 6) is 0.778. The molecule has 10 heteroatoms. The van der Waals surface area contributed by atoms with Gasteiger partial charge >= 0.3 is 0 Å². The number of halogens is 3. The summed E-state index contributed by atoms with van der Waals surface area (Å²) in [5, 5.41) is 5.56. The lowest BCUT2D eigenvalue weighted by Gasteiger charge is -2.10. The van der Waals surface area contributed by atoms with Gasteiger partial charge in [-0.3, -0.25) is 9.78 Å². The van der Waals surface area contributed by atoms with E-state index in [2.05, 4.69) is 52.5 Å². The molecule has 4 rings (SSSR count). The van der Waals surface area contributed by atoms with Crippen molar-refractivity contribution < 1.29 is 13.9 Å². The topological polar surface area (TPSA) is 81.1 Å². The van der Waals surface area contributed by atoms with Gasteiger partial charge in [0, 0.05) is 41.4 Å². The minimum absolute atomic E-state index is 0.257. The third-order valence-electron chi connectivity index (χ3n) is 4.52. The molecule has 0 fully saturated rings. The number of carbonyl (C=O) groups excluding carboxylic acids is 1. The first-order valence-corrected chi connectivity index (χ1v) is 10.7. The van der Waals surface area contributed by atoms with Crippen molar-refractivity contribution >= 4 is 60.4 Å². The van der Waals surface area contributed by atoms with E-state index in [9.17, 15) is 9.18 Å². The van der Waals surface area contributed by atoms with E-state index in [1.807, 2.05) is 17.7 Å². The zero-order valence-electron chi connectivity index (χ0n) is 16.4. The van der Waals surface area contributed by atoms with Crippen molar-refractivity contribution in [2.45, 2.75) is 0 Å². The van der Waals surface area contributed by atoms with Crippen LogP contribution < -0.4 is 15.4 Å². The van der Waals surface area contributed by atoms with Crippen molar-refractivity contribution in [3.8, 4) is 11.5 Å². The number of imidazole rings is 1. The highest BCUT2D eigenvalue weighted by molar-refractivity contribution is 9.11. The third kappa shape index (κ3) is 4.40. The molecule has 2 aromatic carbocycles. The van der Waals surface area contributed by atoms with E-state index < -0.39 is 5.82 Å². The average molecular weight is 549 g/mol. The molecule has 0 aliphatic carbocycles. The molecular formula is C21H16Br2FN5O2. The number of carbonyl (C=O) groups is 1. The van der Waals surface area contributed by atoms with Gasteiger partial charge < -0.3 is 19.9 Å². The van der Waals surface area contributed by atoms with Crippen molar-refractivity contribution in [1.82, 2.24) is 19.9 Å². The van der Waals surface area contributed by atoms with Gasteiger partial charge in [-0.1, -0.05) is 15.9 Å². The summed E-state index contributed by atoms with van der Waals surface area (Å²) >= 11 is 6.64. The molecule has 2 heterocycles. The summed E-state index contributed by atoms with van der Waals surface area (Å²) < 4.78 is 23.3. The maximum Gasteiger partial charge on any atom is 0.269 e. The Kier molecular flexibility index (Phi) is 5.92. The second-order valence-corrected chi connectivity index (χ2v) is 8.34. The van der Waals surface area contributed by atoms with Crippen molar-refractivity contribution in [2.24, 2.45) is 7.05 Å². The zero-order chi connectivity index (χ0) is 22.1. The second kappa shape index (κ2) is 8.64. The predicted octanol–water partition coefficient (Wildman–Crippen LogP) is 5.53. The number of anilines is 2. The Balaban J connectivity index is 1.63. The molecule has 158 valence electrons. The fourth-order valence-corrected chi connectivity index (χ4v) is 4.26. The number of aromatic nitrogens is 3. The first-order chi connectivity index (χ1) is 14.9. The molecule has 0 aliphatic heterocycles. The number of rotatable bonds is 5. The maximum atomic E-state index is 14.4. The third-order valence-corrected chi connectivity index (χ3v) is 5.61. The van der Waals surface area contributed by atoms with E-state index in [0.717, 1.165) is 5.52 Å². The summed E-state index contributed by atoms with van der Waals surface area (Å²) in [5.41, 5.74) is 2.05. The van der Waals surface area contributed by atoms with Gasteiger partial charge in [0.1, 0.15) is 23.0 Å². The van der Waals surface area contributed by atoms with E-state index >= 15 is 0 Å². The zero-order valence-corrected chi connectivity index (χ0v) is 19.6. The Morgan fingerprint density at radius 2 is 1.90 bits per heavy atom. The van der Waals surface area contributed by atoms with E-state index in [4.69, 9.17) is 4.74 Å². The first-order valence-electron chi connectivity index (χ1n) is 9.09. The molecule has 0 radical (unpaired) electrons. The summed E-state index contributed by atoms with van der Waals surface area (Å²) in [7, 11) is 3.37. The number of aryl methyl sites for hydroxylation is 1. The molecule has 2 aromatic heterocycles. The Hall–Kier alpha value is -2.98. The number of fused-ring (bicyclic) bond motifs is 1. The highest BCUT2D eigenvalue weighted by Crippen LogP contribution is 2.33. The smallest absolute Gasteiger partial charge is 0.269 e. The maximum absolute atomic E-state index is 14.4. The molecule has 0 saturated carbocycles. The molecule has 0 atom stereocenters. The minimum atomic E-state index is -0.415. The molecule has 0 unspecified atom stereocenters. The highest BCUT2D eigenvalue weighted by Gasteiger charge is 2.14. The number of pyridine rings is 1. The molecule has 0 aliphatic rings. The number of nitrogens with zero attached hydrogens (tertiary/aromatic N) is 3. The standard InChI is InChI=1S/C21H16Br2FN5O2/c1-25-20(30)17-10-13(5-6-26-17)31-12-3-4-18-16(9-12)27-21(29(18)2)28-19-14(23)7-11(22)8-15(19)24/h3-10H,1-2H3,(H,25,30)(H,27,28). The van der Waals surface area contributed by atoms with Crippen LogP contribution in [-0.4, -0.2) is 27.5 Å². The second-order valence-electron chi connectivity index (χ2n) is 6.57. The minimum Gasteiger partial charge on any atom is -0.457 e.